The Morgan fingerprint density at radius 3 is 0.745 bits per heavy atom. The number of rotatable bonds is 4. The molecule has 0 radical (unpaired) electrons. The van der Waals surface area contributed by atoms with Crippen LogP contribution < -0.4 is 0 Å². The van der Waals surface area contributed by atoms with Gasteiger partial charge in [0.05, 0.1) is 0 Å². The van der Waals surface area contributed by atoms with Gasteiger partial charge in [-0.2, -0.15) is 0 Å². The molecule has 0 spiro atoms. The number of hydrogen-bond donors (Lipinski definition) is 0. The van der Waals surface area contributed by atoms with Crippen molar-refractivity contribution in [3.8, 4) is 134 Å². The summed E-state index contributed by atoms with van der Waals surface area (Å²) in [6.07, 6.45) is 0. The molecule has 6 aliphatic rings. The summed E-state index contributed by atoms with van der Waals surface area (Å²) in [4.78, 5) is 0. The highest BCUT2D eigenvalue weighted by Gasteiger charge is 2.43. The standard InChI is InChI=1S/C94H72/c1-90(2,3)55-36-41-66-71(50-55)83(54-35-40-63-59-25-17-21-31-75(59)94(10,11)79(63)49-54)89-70-45-44-68-84-67(42-43-69(85(70)84)88(89)82(66)53-34-39-62-58-24-16-20-30-74(58)93(8,9)78(62)48-53)86-80(51-32-37-60-56-22-14-18-28-72(56)91(4,5)76(60)46-51)64-26-12-13-27-65(64)81(87(68)86)52-33-38-61-57-23-15-19-29-73(57)92(6,7)77(61)47-52/h12-50H,1-11H3. The molecule has 14 aromatic carbocycles. The van der Waals surface area contributed by atoms with E-state index in [4.69, 9.17) is 0 Å². The zero-order valence-electron chi connectivity index (χ0n) is 55.5. The van der Waals surface area contributed by atoms with Crippen LogP contribution in [0, 0.1) is 0 Å². The highest BCUT2D eigenvalue weighted by molar-refractivity contribution is 6.35. The summed E-state index contributed by atoms with van der Waals surface area (Å²) in [7, 11) is 0. The normalized spacial score (nSPS) is 15.7. The quantitative estimate of drug-likeness (QED) is 0.165. The zero-order valence-corrected chi connectivity index (χ0v) is 55.5. The van der Waals surface area contributed by atoms with Crippen LogP contribution in [0.2, 0.25) is 0 Å². The zero-order chi connectivity index (χ0) is 63.6. The average molecular weight is 1200 g/mol. The van der Waals surface area contributed by atoms with E-state index in [2.05, 4.69) is 313 Å². The minimum Gasteiger partial charge on any atom is -0.0619 e. The predicted octanol–water partition coefficient (Wildman–Crippen LogP) is 25.6. The largest absolute Gasteiger partial charge is 0.0619 e. The van der Waals surface area contributed by atoms with Crippen molar-refractivity contribution >= 4 is 32.3 Å². The Balaban J connectivity index is 0.914. The summed E-state index contributed by atoms with van der Waals surface area (Å²) in [5.74, 6) is 0. The first-order valence-electron chi connectivity index (χ1n) is 34.1. The van der Waals surface area contributed by atoms with Crippen molar-refractivity contribution in [2.45, 2.75) is 103 Å². The molecule has 0 saturated heterocycles. The van der Waals surface area contributed by atoms with Crippen LogP contribution in [0.15, 0.2) is 237 Å². The maximum atomic E-state index is 2.59. The molecular formula is C94H72. The Morgan fingerprint density at radius 1 is 0.202 bits per heavy atom. The van der Waals surface area contributed by atoms with Crippen molar-refractivity contribution in [1.82, 2.24) is 0 Å². The number of benzene rings is 14. The lowest BCUT2D eigenvalue weighted by molar-refractivity contribution is 0.591. The van der Waals surface area contributed by atoms with Crippen LogP contribution >= 0.6 is 0 Å². The van der Waals surface area contributed by atoms with Crippen LogP contribution in [0.25, 0.3) is 166 Å². The van der Waals surface area contributed by atoms with Gasteiger partial charge in [0, 0.05) is 21.7 Å². The molecule has 0 bridgehead atoms. The molecular weight excluding hydrogens is 1130 g/mol. The Morgan fingerprint density at radius 2 is 0.447 bits per heavy atom. The Kier molecular flexibility index (Phi) is 10.4. The lowest BCUT2D eigenvalue weighted by Crippen LogP contribution is -2.15. The summed E-state index contributed by atoms with van der Waals surface area (Å²) in [6.45, 7) is 26.6. The van der Waals surface area contributed by atoms with Gasteiger partial charge in [-0.1, -0.05) is 282 Å². The molecule has 14 aromatic rings. The van der Waals surface area contributed by atoms with Crippen molar-refractivity contribution in [1.29, 1.82) is 0 Å². The van der Waals surface area contributed by atoms with E-state index in [9.17, 15) is 0 Å². The van der Waals surface area contributed by atoms with Gasteiger partial charge in [0.25, 0.3) is 0 Å². The minimum atomic E-state index is -0.181. The van der Waals surface area contributed by atoms with Gasteiger partial charge in [0.15, 0.2) is 0 Å². The summed E-state index contributed by atoms with van der Waals surface area (Å²) in [5, 5.41) is 7.87. The summed E-state index contributed by atoms with van der Waals surface area (Å²) in [5.41, 5.74) is 43.4. The molecule has 0 aromatic heterocycles. The smallest absolute Gasteiger partial charge is 0.0159 e. The molecule has 0 N–H and O–H groups in total. The van der Waals surface area contributed by atoms with Crippen molar-refractivity contribution in [2.75, 3.05) is 0 Å². The molecule has 0 atom stereocenters. The van der Waals surface area contributed by atoms with Crippen LogP contribution in [-0.2, 0) is 27.1 Å². The van der Waals surface area contributed by atoms with Crippen LogP contribution in [0.3, 0.4) is 0 Å². The van der Waals surface area contributed by atoms with Crippen LogP contribution in [0.4, 0.5) is 0 Å². The van der Waals surface area contributed by atoms with Crippen LogP contribution in [0.5, 0.6) is 0 Å². The molecule has 448 valence electrons. The second kappa shape index (κ2) is 18.0. The topological polar surface area (TPSA) is 0 Å². The number of fused-ring (bicyclic) bond motifs is 20. The lowest BCUT2D eigenvalue weighted by atomic mass is 9.77. The van der Waals surface area contributed by atoms with E-state index in [-0.39, 0.29) is 27.1 Å². The lowest BCUT2D eigenvalue weighted by Gasteiger charge is -2.26. The molecule has 0 heterocycles. The molecule has 0 aliphatic heterocycles. The van der Waals surface area contributed by atoms with Gasteiger partial charge in [-0.25, -0.2) is 0 Å². The Bertz CT molecular complexity index is 5710. The minimum absolute atomic E-state index is 0.0943. The third-order valence-electron chi connectivity index (χ3n) is 24.1. The monoisotopic (exact) mass is 1200 g/mol. The van der Waals surface area contributed by atoms with Crippen LogP contribution in [-0.4, -0.2) is 0 Å². The Hall–Kier alpha value is -10.1. The second-order valence-electron chi connectivity index (χ2n) is 31.4. The van der Waals surface area contributed by atoms with E-state index in [1.54, 1.807) is 0 Å². The van der Waals surface area contributed by atoms with E-state index in [0.29, 0.717) is 0 Å². The Labute approximate surface area is 552 Å². The molecule has 0 heteroatoms. The van der Waals surface area contributed by atoms with Gasteiger partial charge < -0.3 is 0 Å². The average Bonchev–Trinajstić information content (AvgIpc) is 1.50. The maximum absolute atomic E-state index is 2.59. The van der Waals surface area contributed by atoms with Crippen molar-refractivity contribution in [2.24, 2.45) is 0 Å². The first kappa shape index (κ1) is 54.4. The molecule has 0 amide bonds. The fourth-order valence-corrected chi connectivity index (χ4v) is 19.4. The highest BCUT2D eigenvalue weighted by atomic mass is 14.5. The second-order valence-corrected chi connectivity index (χ2v) is 31.4. The van der Waals surface area contributed by atoms with Crippen molar-refractivity contribution in [3.63, 3.8) is 0 Å². The van der Waals surface area contributed by atoms with Gasteiger partial charge in [0.1, 0.15) is 0 Å². The predicted molar refractivity (Wildman–Crippen MR) is 399 cm³/mol. The van der Waals surface area contributed by atoms with Crippen molar-refractivity contribution < 1.29 is 0 Å². The third-order valence-corrected chi connectivity index (χ3v) is 24.1. The molecule has 20 rings (SSSR count). The molecule has 0 fully saturated rings. The fraction of sp³-hybridized carbons (Fsp3) is 0.170. The summed E-state index contributed by atoms with van der Waals surface area (Å²) >= 11 is 0. The third kappa shape index (κ3) is 6.74. The van der Waals surface area contributed by atoms with Crippen LogP contribution in [0.1, 0.15) is 126 Å². The molecule has 94 heavy (non-hydrogen) atoms. The van der Waals surface area contributed by atoms with Gasteiger partial charge in [-0.05, 0) is 252 Å². The summed E-state index contributed by atoms with van der Waals surface area (Å²) in [6, 6.07) is 93.4. The first-order valence-corrected chi connectivity index (χ1v) is 34.1. The van der Waals surface area contributed by atoms with E-state index in [0.717, 1.165) is 0 Å². The maximum Gasteiger partial charge on any atom is 0.0159 e. The SMILES string of the molecule is CC(C)(C)c1ccc2c(-c3ccc4c(c3)C(C)(C)c3ccccc3-4)c3c(c(-c4ccc5c(c4)C(C)(C)c4ccccc4-5)c2c1)-c1ccc2c4c(ccc-3c14)-c1c-2c(-c2ccc3c(c2)C(C)(C)c2ccccc2-3)c2ccccc2c1-c1ccc2c(c1)C(C)(C)c1ccccc1-2. The number of hydrogen-bond acceptors (Lipinski definition) is 0. The summed E-state index contributed by atoms with van der Waals surface area (Å²) < 4.78 is 0. The van der Waals surface area contributed by atoms with E-state index in [1.807, 2.05) is 0 Å². The van der Waals surface area contributed by atoms with Gasteiger partial charge in [0.2, 0.25) is 0 Å². The van der Waals surface area contributed by atoms with E-state index >= 15 is 0 Å². The molecule has 6 aliphatic carbocycles. The van der Waals surface area contributed by atoms with Gasteiger partial charge in [-0.15, -0.1) is 0 Å². The van der Waals surface area contributed by atoms with Crippen molar-refractivity contribution in [3.05, 3.63) is 287 Å². The molecule has 0 nitrogen and oxygen atoms in total. The van der Waals surface area contributed by atoms with Gasteiger partial charge >= 0.3 is 0 Å². The van der Waals surface area contributed by atoms with E-state index < -0.39 is 0 Å². The van der Waals surface area contributed by atoms with Gasteiger partial charge in [-0.3, -0.25) is 0 Å². The van der Waals surface area contributed by atoms with E-state index in [1.165, 1.54) is 216 Å². The molecule has 0 saturated carbocycles. The first-order chi connectivity index (χ1) is 45.3. The fourth-order valence-electron chi connectivity index (χ4n) is 19.4. The highest BCUT2D eigenvalue weighted by Crippen LogP contribution is 2.66. The molecule has 0 unspecified atom stereocenters.